The van der Waals surface area contributed by atoms with Crippen LogP contribution in [0.5, 0.6) is 0 Å². The normalized spacial score (nSPS) is 11.4. The largest absolute Gasteiger partial charge is 0.388 e. The van der Waals surface area contributed by atoms with Crippen molar-refractivity contribution < 1.29 is 4.74 Å². The highest BCUT2D eigenvalue weighted by Gasteiger charge is 2.19. The maximum absolute atomic E-state index is 12.6. The van der Waals surface area contributed by atoms with Crippen LogP contribution >= 0.6 is 0 Å². The van der Waals surface area contributed by atoms with Crippen molar-refractivity contribution in [2.45, 2.75) is 32.7 Å². The van der Waals surface area contributed by atoms with Gasteiger partial charge in [-0.2, -0.15) is 0 Å². The Hall–Kier alpha value is -1.89. The lowest BCUT2D eigenvalue weighted by Crippen LogP contribution is -2.41. The van der Waals surface area contributed by atoms with Crippen LogP contribution in [0.2, 0.25) is 0 Å². The summed E-state index contributed by atoms with van der Waals surface area (Å²) in [6, 6.07) is 0. The fourth-order valence-electron chi connectivity index (χ4n) is 1.93. The lowest BCUT2D eigenvalue weighted by atomic mass is 10.1. The van der Waals surface area contributed by atoms with Crippen molar-refractivity contribution in [3.63, 3.8) is 0 Å². The van der Waals surface area contributed by atoms with E-state index >= 15 is 0 Å². The van der Waals surface area contributed by atoms with Crippen molar-refractivity contribution in [3.8, 4) is 0 Å². The van der Waals surface area contributed by atoms with E-state index in [-0.39, 0.29) is 16.9 Å². The second kappa shape index (κ2) is 7.21. The molecule has 0 fully saturated rings. The molecular weight excluding hydrogens is 270 g/mol. The average molecular weight is 295 g/mol. The fraction of sp³-hybridized carbons (Fsp3) is 0.643. The van der Waals surface area contributed by atoms with Crippen LogP contribution in [-0.2, 0) is 10.3 Å². The number of amidine groups is 1. The summed E-state index contributed by atoms with van der Waals surface area (Å²) in [6.45, 7) is 7.37. The third kappa shape index (κ3) is 4.86. The second-order valence-corrected chi connectivity index (χ2v) is 5.85. The van der Waals surface area contributed by atoms with Gasteiger partial charge in [0.1, 0.15) is 0 Å². The van der Waals surface area contributed by atoms with Crippen LogP contribution in [0.4, 0.5) is 5.82 Å². The monoisotopic (exact) mass is 295 g/mol. The van der Waals surface area contributed by atoms with E-state index in [0.29, 0.717) is 31.9 Å². The molecule has 21 heavy (non-hydrogen) atoms. The van der Waals surface area contributed by atoms with Gasteiger partial charge in [0.15, 0.2) is 5.82 Å². The molecule has 7 heteroatoms. The van der Waals surface area contributed by atoms with Gasteiger partial charge in [-0.1, -0.05) is 0 Å². The van der Waals surface area contributed by atoms with Crippen molar-refractivity contribution in [2.75, 3.05) is 31.7 Å². The SMILES string of the molecule is COCCN(CCC(=N)N)c1nccn(C(C)(C)C)c1=O. The van der Waals surface area contributed by atoms with E-state index in [0.717, 1.165) is 0 Å². The number of nitrogens with zero attached hydrogens (tertiary/aromatic N) is 3. The van der Waals surface area contributed by atoms with Gasteiger partial charge in [0, 0.05) is 44.6 Å². The molecule has 0 bridgehead atoms. The Morgan fingerprint density at radius 3 is 2.67 bits per heavy atom. The van der Waals surface area contributed by atoms with Gasteiger partial charge in [0.25, 0.3) is 5.56 Å². The maximum Gasteiger partial charge on any atom is 0.293 e. The number of nitrogens with one attached hydrogen (secondary N) is 1. The van der Waals surface area contributed by atoms with Crippen LogP contribution in [0.25, 0.3) is 0 Å². The first-order valence-electron chi connectivity index (χ1n) is 6.92. The standard InChI is InChI=1S/C14H25N5O2/c1-14(2,3)19-8-6-17-12(13(19)20)18(9-10-21-4)7-5-11(15)16/h6,8H,5,7,9-10H2,1-4H3,(H3,15,16). The zero-order valence-corrected chi connectivity index (χ0v) is 13.2. The number of aromatic nitrogens is 2. The highest BCUT2D eigenvalue weighted by atomic mass is 16.5. The molecule has 0 radical (unpaired) electrons. The quantitative estimate of drug-likeness (QED) is 0.572. The smallest absolute Gasteiger partial charge is 0.293 e. The Labute approximate surface area is 125 Å². The third-order valence-electron chi connectivity index (χ3n) is 3.06. The Morgan fingerprint density at radius 2 is 2.14 bits per heavy atom. The summed E-state index contributed by atoms with van der Waals surface area (Å²) in [6.07, 6.45) is 3.69. The molecule has 7 nitrogen and oxygen atoms in total. The van der Waals surface area contributed by atoms with Gasteiger partial charge >= 0.3 is 0 Å². The molecule has 0 aromatic carbocycles. The zero-order valence-electron chi connectivity index (χ0n) is 13.2. The van der Waals surface area contributed by atoms with Gasteiger partial charge in [-0.25, -0.2) is 4.98 Å². The Morgan fingerprint density at radius 1 is 1.48 bits per heavy atom. The van der Waals surface area contributed by atoms with E-state index in [4.69, 9.17) is 15.9 Å². The van der Waals surface area contributed by atoms with E-state index < -0.39 is 0 Å². The molecule has 0 amide bonds. The molecule has 3 N–H and O–H groups in total. The molecule has 118 valence electrons. The van der Waals surface area contributed by atoms with Gasteiger partial charge in [0.2, 0.25) is 0 Å². The predicted octanol–water partition coefficient (Wildman–Crippen LogP) is 0.777. The van der Waals surface area contributed by atoms with Gasteiger partial charge in [0.05, 0.1) is 12.4 Å². The van der Waals surface area contributed by atoms with Crippen LogP contribution in [0.1, 0.15) is 27.2 Å². The number of ether oxygens (including phenoxy) is 1. The highest BCUT2D eigenvalue weighted by Crippen LogP contribution is 2.12. The third-order valence-corrected chi connectivity index (χ3v) is 3.06. The molecular formula is C14H25N5O2. The van der Waals surface area contributed by atoms with Crippen LogP contribution in [0.3, 0.4) is 0 Å². The van der Waals surface area contributed by atoms with Crippen molar-refractivity contribution in [3.05, 3.63) is 22.7 Å². The molecule has 1 aromatic heterocycles. The minimum absolute atomic E-state index is 0.0875. The van der Waals surface area contributed by atoms with Crippen LogP contribution in [0.15, 0.2) is 17.2 Å². The average Bonchev–Trinajstić information content (AvgIpc) is 2.38. The Bertz CT molecular complexity index is 533. The summed E-state index contributed by atoms with van der Waals surface area (Å²) in [5.41, 5.74) is 4.94. The van der Waals surface area contributed by atoms with Gasteiger partial charge in [-0.3, -0.25) is 10.2 Å². The number of nitrogens with two attached hydrogens (primary N) is 1. The van der Waals surface area contributed by atoms with Crippen molar-refractivity contribution in [2.24, 2.45) is 5.73 Å². The molecule has 0 saturated heterocycles. The van der Waals surface area contributed by atoms with Crippen molar-refractivity contribution in [1.29, 1.82) is 5.41 Å². The number of methoxy groups -OCH3 is 1. The first-order valence-corrected chi connectivity index (χ1v) is 6.92. The van der Waals surface area contributed by atoms with Gasteiger partial charge < -0.3 is 19.9 Å². The van der Waals surface area contributed by atoms with E-state index in [1.165, 1.54) is 0 Å². The minimum Gasteiger partial charge on any atom is -0.388 e. The summed E-state index contributed by atoms with van der Waals surface area (Å²) in [5, 5.41) is 7.34. The van der Waals surface area contributed by atoms with Crippen LogP contribution in [-0.4, -0.2) is 42.2 Å². The molecule has 0 atom stereocenters. The molecule has 0 aliphatic rings. The predicted molar refractivity (Wildman–Crippen MR) is 84.1 cm³/mol. The lowest BCUT2D eigenvalue weighted by molar-refractivity contribution is 0.205. The first kappa shape index (κ1) is 17.2. The molecule has 0 aliphatic carbocycles. The van der Waals surface area contributed by atoms with Crippen molar-refractivity contribution >= 4 is 11.7 Å². The van der Waals surface area contributed by atoms with E-state index in [1.807, 2.05) is 25.7 Å². The zero-order chi connectivity index (χ0) is 16.0. The molecule has 0 aliphatic heterocycles. The molecule has 1 heterocycles. The minimum atomic E-state index is -0.317. The van der Waals surface area contributed by atoms with E-state index in [9.17, 15) is 4.79 Å². The topological polar surface area (TPSA) is 97.2 Å². The lowest BCUT2D eigenvalue weighted by Gasteiger charge is -2.26. The fourth-order valence-corrected chi connectivity index (χ4v) is 1.93. The number of anilines is 1. The molecule has 0 spiro atoms. The number of rotatable bonds is 7. The summed E-state index contributed by atoms with van der Waals surface area (Å²) < 4.78 is 6.73. The second-order valence-electron chi connectivity index (χ2n) is 5.85. The molecule has 0 unspecified atom stereocenters. The number of hydrogen-bond donors (Lipinski definition) is 2. The summed E-state index contributed by atoms with van der Waals surface area (Å²) >= 11 is 0. The van der Waals surface area contributed by atoms with Gasteiger partial charge in [-0.05, 0) is 20.8 Å². The maximum atomic E-state index is 12.6. The van der Waals surface area contributed by atoms with E-state index in [2.05, 4.69) is 4.98 Å². The first-order chi connectivity index (χ1) is 9.77. The van der Waals surface area contributed by atoms with Crippen molar-refractivity contribution in [1.82, 2.24) is 9.55 Å². The van der Waals surface area contributed by atoms with Crippen LogP contribution < -0.4 is 16.2 Å². The van der Waals surface area contributed by atoms with E-state index in [1.54, 1.807) is 24.1 Å². The van der Waals surface area contributed by atoms with Crippen LogP contribution in [0, 0.1) is 5.41 Å². The van der Waals surface area contributed by atoms with Gasteiger partial charge in [-0.15, -0.1) is 0 Å². The molecule has 1 rings (SSSR count). The summed E-state index contributed by atoms with van der Waals surface area (Å²) in [7, 11) is 1.61. The molecule has 0 saturated carbocycles. The Balaban J connectivity index is 3.12. The summed E-state index contributed by atoms with van der Waals surface area (Å²) in [4.78, 5) is 18.6. The molecule has 1 aromatic rings. The summed E-state index contributed by atoms with van der Waals surface area (Å²) in [5.74, 6) is 0.454. The number of hydrogen-bond acceptors (Lipinski definition) is 5. The Kier molecular flexibility index (Phi) is 5.90. The highest BCUT2D eigenvalue weighted by molar-refractivity contribution is 5.77.